The number of amides is 2. The highest BCUT2D eigenvalue weighted by Gasteiger charge is 2.15. The summed E-state index contributed by atoms with van der Waals surface area (Å²) in [6.45, 7) is -0.194. The van der Waals surface area contributed by atoms with Gasteiger partial charge in [0, 0.05) is 26.1 Å². The summed E-state index contributed by atoms with van der Waals surface area (Å²) in [6, 6.07) is 13.8. The molecule has 2 aromatic heterocycles. The number of nitrogens with two attached hydrogens (primary N) is 1. The van der Waals surface area contributed by atoms with Crippen molar-refractivity contribution < 1.29 is 9.59 Å². The first-order valence-corrected chi connectivity index (χ1v) is 8.46. The summed E-state index contributed by atoms with van der Waals surface area (Å²) < 4.78 is 1.17. The molecule has 0 atom stereocenters. The standard InChI is InChI=1S/C18H14N4O2S/c19-16(23)9-20-18(24)11-5-12-8-21-22-17(12)13(6-11)15-7-10-3-1-2-4-14(10)25-15/h1-8H,9H2,(H2,19,23)(H,20,24)(H,21,22). The van der Waals surface area contributed by atoms with E-state index in [2.05, 4.69) is 33.7 Å². The third-order valence-corrected chi connectivity index (χ3v) is 5.07. The van der Waals surface area contributed by atoms with Gasteiger partial charge in [-0.3, -0.25) is 14.7 Å². The van der Waals surface area contributed by atoms with Crippen LogP contribution in [0.3, 0.4) is 0 Å². The van der Waals surface area contributed by atoms with E-state index in [-0.39, 0.29) is 12.5 Å². The van der Waals surface area contributed by atoms with Gasteiger partial charge in [0.15, 0.2) is 0 Å². The van der Waals surface area contributed by atoms with Crippen molar-refractivity contribution in [1.82, 2.24) is 15.5 Å². The third-order valence-electron chi connectivity index (χ3n) is 3.93. The van der Waals surface area contributed by atoms with Gasteiger partial charge >= 0.3 is 0 Å². The molecule has 2 heterocycles. The van der Waals surface area contributed by atoms with E-state index in [4.69, 9.17) is 5.73 Å². The molecule has 4 aromatic rings. The van der Waals surface area contributed by atoms with Gasteiger partial charge in [-0.2, -0.15) is 5.10 Å². The summed E-state index contributed by atoms with van der Waals surface area (Å²) in [5, 5.41) is 11.6. The molecular weight excluding hydrogens is 336 g/mol. The smallest absolute Gasteiger partial charge is 0.251 e. The minimum atomic E-state index is -0.581. The van der Waals surface area contributed by atoms with Crippen LogP contribution < -0.4 is 11.1 Å². The van der Waals surface area contributed by atoms with Crippen molar-refractivity contribution in [1.29, 1.82) is 0 Å². The van der Waals surface area contributed by atoms with Crippen LogP contribution in [0.2, 0.25) is 0 Å². The van der Waals surface area contributed by atoms with Gasteiger partial charge in [-0.05, 0) is 29.7 Å². The topological polar surface area (TPSA) is 101 Å². The number of hydrogen-bond acceptors (Lipinski definition) is 4. The third kappa shape index (κ3) is 2.85. The van der Waals surface area contributed by atoms with Crippen LogP contribution in [0.4, 0.5) is 0 Å². The number of nitrogens with zero attached hydrogens (tertiary/aromatic N) is 1. The van der Waals surface area contributed by atoms with E-state index in [9.17, 15) is 9.59 Å². The number of carbonyl (C=O) groups excluding carboxylic acids is 2. The van der Waals surface area contributed by atoms with Crippen LogP contribution in [0.15, 0.2) is 48.7 Å². The normalized spacial score (nSPS) is 11.0. The van der Waals surface area contributed by atoms with E-state index < -0.39 is 5.91 Å². The van der Waals surface area contributed by atoms with Gasteiger partial charge in [0.05, 0.1) is 18.3 Å². The minimum absolute atomic E-state index is 0.194. The Kier molecular flexibility index (Phi) is 3.70. The molecule has 4 rings (SSSR count). The molecule has 124 valence electrons. The van der Waals surface area contributed by atoms with Gasteiger partial charge in [-0.15, -0.1) is 11.3 Å². The first kappa shape index (κ1) is 15.3. The lowest BCUT2D eigenvalue weighted by Gasteiger charge is -2.06. The summed E-state index contributed by atoms with van der Waals surface area (Å²) >= 11 is 1.65. The average Bonchev–Trinajstić information content (AvgIpc) is 3.24. The molecule has 2 aromatic carbocycles. The Morgan fingerprint density at radius 3 is 2.80 bits per heavy atom. The Morgan fingerprint density at radius 1 is 1.16 bits per heavy atom. The van der Waals surface area contributed by atoms with E-state index >= 15 is 0 Å². The lowest BCUT2D eigenvalue weighted by atomic mass is 10.0. The molecule has 25 heavy (non-hydrogen) atoms. The zero-order valence-corrected chi connectivity index (χ0v) is 13.9. The molecule has 0 aliphatic rings. The van der Waals surface area contributed by atoms with E-state index in [1.807, 2.05) is 18.2 Å². The summed E-state index contributed by atoms with van der Waals surface area (Å²) in [5.74, 6) is -0.924. The fraction of sp³-hybridized carbons (Fsp3) is 0.0556. The summed E-state index contributed by atoms with van der Waals surface area (Å²) in [5.41, 5.74) is 7.33. The van der Waals surface area contributed by atoms with Crippen LogP contribution in [0.25, 0.3) is 31.4 Å². The van der Waals surface area contributed by atoms with Crippen LogP contribution in [-0.2, 0) is 4.79 Å². The van der Waals surface area contributed by atoms with Crippen molar-refractivity contribution in [2.75, 3.05) is 6.54 Å². The van der Waals surface area contributed by atoms with Crippen LogP contribution in [0.1, 0.15) is 10.4 Å². The van der Waals surface area contributed by atoms with E-state index in [1.165, 1.54) is 4.70 Å². The summed E-state index contributed by atoms with van der Waals surface area (Å²) in [7, 11) is 0. The van der Waals surface area contributed by atoms with Gasteiger partial charge in [0.25, 0.3) is 5.91 Å². The Hall–Kier alpha value is -3.19. The maximum atomic E-state index is 12.3. The van der Waals surface area contributed by atoms with Gasteiger partial charge in [0.2, 0.25) is 5.91 Å². The monoisotopic (exact) mass is 350 g/mol. The predicted octanol–water partition coefficient (Wildman–Crippen LogP) is 2.66. The van der Waals surface area contributed by atoms with Crippen molar-refractivity contribution in [3.05, 3.63) is 54.2 Å². The second-order valence-corrected chi connectivity index (χ2v) is 6.74. The average molecular weight is 350 g/mol. The SMILES string of the molecule is NC(=O)CNC(=O)c1cc(-c2cc3ccccc3s2)c2[nH]ncc2c1. The fourth-order valence-electron chi connectivity index (χ4n) is 2.77. The largest absolute Gasteiger partial charge is 0.368 e. The second kappa shape index (κ2) is 6.03. The number of rotatable bonds is 4. The number of benzene rings is 2. The van der Waals surface area contributed by atoms with Crippen molar-refractivity contribution >= 4 is 44.1 Å². The zero-order chi connectivity index (χ0) is 17.4. The molecule has 0 saturated carbocycles. The first-order chi connectivity index (χ1) is 12.1. The molecule has 0 aliphatic carbocycles. The molecule has 0 unspecified atom stereocenters. The van der Waals surface area contributed by atoms with Crippen molar-refractivity contribution in [3.8, 4) is 10.4 Å². The number of nitrogens with one attached hydrogen (secondary N) is 2. The lowest BCUT2D eigenvalue weighted by molar-refractivity contribution is -0.117. The molecule has 0 spiro atoms. The number of H-pyrrole nitrogens is 1. The van der Waals surface area contributed by atoms with Crippen LogP contribution in [0, 0.1) is 0 Å². The zero-order valence-electron chi connectivity index (χ0n) is 13.1. The number of thiophene rings is 1. The molecule has 0 aliphatic heterocycles. The molecule has 0 fully saturated rings. The second-order valence-electron chi connectivity index (χ2n) is 5.66. The Balaban J connectivity index is 1.83. The fourth-order valence-corrected chi connectivity index (χ4v) is 3.85. The molecule has 7 heteroatoms. The quantitative estimate of drug-likeness (QED) is 0.527. The number of hydrogen-bond donors (Lipinski definition) is 3. The molecular formula is C18H14N4O2S. The molecule has 6 nitrogen and oxygen atoms in total. The summed E-state index contributed by atoms with van der Waals surface area (Å²) in [4.78, 5) is 24.3. The molecule has 0 radical (unpaired) electrons. The van der Waals surface area contributed by atoms with Gasteiger partial charge < -0.3 is 11.1 Å². The van der Waals surface area contributed by atoms with E-state index in [0.29, 0.717) is 5.56 Å². The number of primary amides is 1. The Bertz CT molecular complexity index is 1080. The highest BCUT2D eigenvalue weighted by molar-refractivity contribution is 7.22. The van der Waals surface area contributed by atoms with E-state index in [1.54, 1.807) is 23.6 Å². The van der Waals surface area contributed by atoms with Crippen LogP contribution in [-0.4, -0.2) is 28.6 Å². The number of carbonyl (C=O) groups is 2. The van der Waals surface area contributed by atoms with E-state index in [0.717, 1.165) is 26.7 Å². The molecule has 0 saturated heterocycles. The van der Waals surface area contributed by atoms with Crippen LogP contribution in [0.5, 0.6) is 0 Å². The molecule has 0 bridgehead atoms. The number of aromatic nitrogens is 2. The predicted molar refractivity (Wildman–Crippen MR) is 98.4 cm³/mol. The maximum Gasteiger partial charge on any atom is 0.251 e. The number of fused-ring (bicyclic) bond motifs is 2. The van der Waals surface area contributed by atoms with Crippen molar-refractivity contribution in [3.63, 3.8) is 0 Å². The van der Waals surface area contributed by atoms with Crippen molar-refractivity contribution in [2.24, 2.45) is 5.73 Å². The van der Waals surface area contributed by atoms with Gasteiger partial charge in [-0.1, -0.05) is 18.2 Å². The first-order valence-electron chi connectivity index (χ1n) is 7.64. The summed E-state index contributed by atoms with van der Waals surface area (Å²) in [6.07, 6.45) is 1.68. The molecule has 4 N–H and O–H groups in total. The highest BCUT2D eigenvalue weighted by atomic mass is 32.1. The lowest BCUT2D eigenvalue weighted by Crippen LogP contribution is -2.33. The number of aromatic amines is 1. The maximum absolute atomic E-state index is 12.3. The highest BCUT2D eigenvalue weighted by Crippen LogP contribution is 2.37. The minimum Gasteiger partial charge on any atom is -0.368 e. The van der Waals surface area contributed by atoms with Crippen LogP contribution >= 0.6 is 11.3 Å². The Labute approximate surface area is 146 Å². The molecule has 2 amide bonds. The Morgan fingerprint density at radius 2 is 2.00 bits per heavy atom. The van der Waals surface area contributed by atoms with Gasteiger partial charge in [-0.25, -0.2) is 0 Å². The van der Waals surface area contributed by atoms with Gasteiger partial charge in [0.1, 0.15) is 0 Å². The van der Waals surface area contributed by atoms with Crippen molar-refractivity contribution in [2.45, 2.75) is 0 Å².